The van der Waals surface area contributed by atoms with Gasteiger partial charge < -0.3 is 5.32 Å². The summed E-state index contributed by atoms with van der Waals surface area (Å²) in [6, 6.07) is 7.13. The molecule has 10 heteroatoms. The lowest BCUT2D eigenvalue weighted by Crippen LogP contribution is -2.30. The number of sulfonamides is 1. The molecule has 0 bridgehead atoms. The van der Waals surface area contributed by atoms with E-state index in [-0.39, 0.29) is 12.3 Å². The highest BCUT2D eigenvalue weighted by Crippen LogP contribution is 2.10. The predicted molar refractivity (Wildman–Crippen MR) is 99.4 cm³/mol. The van der Waals surface area contributed by atoms with Crippen molar-refractivity contribution < 1.29 is 12.8 Å². The van der Waals surface area contributed by atoms with Gasteiger partial charge in [0.15, 0.2) is 0 Å². The minimum atomic E-state index is -3.51. The molecule has 0 amide bonds. The van der Waals surface area contributed by atoms with E-state index in [9.17, 15) is 12.8 Å². The van der Waals surface area contributed by atoms with Crippen molar-refractivity contribution >= 4 is 15.8 Å². The van der Waals surface area contributed by atoms with Crippen LogP contribution in [-0.2, 0) is 15.8 Å². The number of anilines is 1. The highest BCUT2D eigenvalue weighted by Gasteiger charge is 2.11. The van der Waals surface area contributed by atoms with Crippen LogP contribution in [0.3, 0.4) is 0 Å². The van der Waals surface area contributed by atoms with Gasteiger partial charge in [-0.05, 0) is 24.6 Å². The Balaban J connectivity index is 1.51. The van der Waals surface area contributed by atoms with E-state index in [1.165, 1.54) is 30.6 Å². The minimum absolute atomic E-state index is 0.187. The average molecular weight is 390 g/mol. The molecule has 2 N–H and O–H groups in total. The molecule has 0 saturated carbocycles. The lowest BCUT2D eigenvalue weighted by Gasteiger charge is -2.10. The summed E-state index contributed by atoms with van der Waals surface area (Å²) in [6.07, 6.45) is 4.90. The van der Waals surface area contributed by atoms with Crippen LogP contribution < -0.4 is 10.0 Å². The van der Waals surface area contributed by atoms with Crippen molar-refractivity contribution in [2.75, 3.05) is 18.4 Å². The van der Waals surface area contributed by atoms with Crippen molar-refractivity contribution in [2.45, 2.75) is 12.7 Å². The molecular formula is C17H19FN6O2S. The van der Waals surface area contributed by atoms with Crippen molar-refractivity contribution in [1.29, 1.82) is 0 Å². The zero-order valence-corrected chi connectivity index (χ0v) is 15.4. The van der Waals surface area contributed by atoms with Crippen LogP contribution in [0.2, 0.25) is 0 Å². The van der Waals surface area contributed by atoms with Gasteiger partial charge in [0.1, 0.15) is 29.6 Å². The van der Waals surface area contributed by atoms with E-state index in [0.717, 1.165) is 5.82 Å². The Kier molecular flexibility index (Phi) is 5.77. The molecule has 3 rings (SSSR count). The van der Waals surface area contributed by atoms with Crippen LogP contribution in [0, 0.1) is 12.7 Å². The SMILES string of the molecule is Cc1nccn1-c1cc(NCCNS(=O)(=O)Cc2ccc(F)cc2)ncn1. The van der Waals surface area contributed by atoms with E-state index in [4.69, 9.17) is 0 Å². The maximum absolute atomic E-state index is 12.9. The van der Waals surface area contributed by atoms with E-state index in [1.807, 2.05) is 11.5 Å². The summed E-state index contributed by atoms with van der Waals surface area (Å²) in [7, 11) is -3.51. The number of imidazole rings is 1. The molecule has 2 heterocycles. The van der Waals surface area contributed by atoms with Crippen LogP contribution >= 0.6 is 0 Å². The summed E-state index contributed by atoms with van der Waals surface area (Å²) < 4.78 is 41.3. The second-order valence-corrected chi connectivity index (χ2v) is 7.62. The van der Waals surface area contributed by atoms with Gasteiger partial charge in [0.2, 0.25) is 10.0 Å². The average Bonchev–Trinajstić information content (AvgIpc) is 3.07. The lowest BCUT2D eigenvalue weighted by molar-refractivity contribution is 0.581. The molecular weight excluding hydrogens is 371 g/mol. The third-order valence-corrected chi connectivity index (χ3v) is 5.11. The normalized spacial score (nSPS) is 11.5. The molecule has 0 saturated heterocycles. The largest absolute Gasteiger partial charge is 0.369 e. The molecule has 0 radical (unpaired) electrons. The van der Waals surface area contributed by atoms with E-state index >= 15 is 0 Å². The number of hydrogen-bond donors (Lipinski definition) is 2. The summed E-state index contributed by atoms with van der Waals surface area (Å²) in [6.45, 7) is 2.40. The number of nitrogens with zero attached hydrogens (tertiary/aromatic N) is 4. The van der Waals surface area contributed by atoms with Gasteiger partial charge in [-0.1, -0.05) is 12.1 Å². The Hall–Kier alpha value is -2.85. The molecule has 0 aliphatic heterocycles. The molecule has 1 aromatic carbocycles. The Labute approximate surface area is 156 Å². The maximum atomic E-state index is 12.9. The molecule has 2 aromatic heterocycles. The Morgan fingerprint density at radius 2 is 1.89 bits per heavy atom. The summed E-state index contributed by atoms with van der Waals surface area (Å²) in [4.78, 5) is 12.5. The predicted octanol–water partition coefficient (Wildman–Crippen LogP) is 1.64. The van der Waals surface area contributed by atoms with Crippen LogP contribution in [0.5, 0.6) is 0 Å². The topological polar surface area (TPSA) is 102 Å². The standard InChI is InChI=1S/C17H19FN6O2S/c1-13-19-8-9-24(13)17-10-16(21-12-22-17)20-6-7-23-27(25,26)11-14-2-4-15(18)5-3-14/h2-5,8-10,12,23H,6-7,11H2,1H3,(H,20,21,22). The van der Waals surface area contributed by atoms with Crippen molar-refractivity contribution in [3.05, 3.63) is 66.3 Å². The third kappa shape index (κ3) is 5.31. The molecule has 3 aromatic rings. The van der Waals surface area contributed by atoms with E-state index < -0.39 is 15.8 Å². The minimum Gasteiger partial charge on any atom is -0.369 e. The quantitative estimate of drug-likeness (QED) is 0.567. The van der Waals surface area contributed by atoms with Gasteiger partial charge in [0.25, 0.3) is 0 Å². The van der Waals surface area contributed by atoms with Crippen LogP contribution in [0.4, 0.5) is 10.2 Å². The van der Waals surface area contributed by atoms with Crippen LogP contribution in [0.1, 0.15) is 11.4 Å². The summed E-state index contributed by atoms with van der Waals surface area (Å²) in [5.41, 5.74) is 0.521. The van der Waals surface area contributed by atoms with Crippen LogP contribution in [0.15, 0.2) is 49.1 Å². The zero-order chi connectivity index (χ0) is 19.3. The van der Waals surface area contributed by atoms with E-state index in [0.29, 0.717) is 23.7 Å². The smallest absolute Gasteiger partial charge is 0.215 e. The molecule has 0 spiro atoms. The number of aromatic nitrogens is 4. The fourth-order valence-corrected chi connectivity index (χ4v) is 3.59. The van der Waals surface area contributed by atoms with Gasteiger partial charge >= 0.3 is 0 Å². The summed E-state index contributed by atoms with van der Waals surface area (Å²) in [5, 5.41) is 3.05. The van der Waals surface area contributed by atoms with Gasteiger partial charge in [-0.2, -0.15) is 0 Å². The first-order valence-corrected chi connectivity index (χ1v) is 9.86. The Morgan fingerprint density at radius 1 is 1.11 bits per heavy atom. The molecule has 0 aliphatic rings. The van der Waals surface area contributed by atoms with Gasteiger partial charge in [-0.25, -0.2) is 32.5 Å². The van der Waals surface area contributed by atoms with Crippen molar-refractivity contribution in [1.82, 2.24) is 24.2 Å². The first kappa shape index (κ1) is 18.9. The van der Waals surface area contributed by atoms with Gasteiger partial charge in [0, 0.05) is 31.5 Å². The number of nitrogens with one attached hydrogen (secondary N) is 2. The van der Waals surface area contributed by atoms with Crippen molar-refractivity contribution in [2.24, 2.45) is 0 Å². The fraction of sp³-hybridized carbons (Fsp3) is 0.235. The number of aryl methyl sites for hydroxylation is 1. The van der Waals surface area contributed by atoms with Crippen molar-refractivity contribution in [3.8, 4) is 5.82 Å². The second kappa shape index (κ2) is 8.23. The second-order valence-electron chi connectivity index (χ2n) is 5.81. The molecule has 8 nitrogen and oxygen atoms in total. The number of halogens is 1. The number of hydrogen-bond acceptors (Lipinski definition) is 6. The number of rotatable bonds is 8. The molecule has 0 aliphatic carbocycles. The third-order valence-electron chi connectivity index (χ3n) is 3.75. The summed E-state index contributed by atoms with van der Waals surface area (Å²) in [5.74, 6) is 1.44. The summed E-state index contributed by atoms with van der Waals surface area (Å²) >= 11 is 0. The van der Waals surface area contributed by atoms with E-state index in [2.05, 4.69) is 25.0 Å². The first-order valence-electron chi connectivity index (χ1n) is 8.21. The molecule has 0 unspecified atom stereocenters. The Morgan fingerprint density at radius 3 is 2.59 bits per heavy atom. The highest BCUT2D eigenvalue weighted by molar-refractivity contribution is 7.88. The van der Waals surface area contributed by atoms with Gasteiger partial charge in [0.05, 0.1) is 5.75 Å². The molecule has 0 atom stereocenters. The van der Waals surface area contributed by atoms with Gasteiger partial charge in [-0.15, -0.1) is 0 Å². The maximum Gasteiger partial charge on any atom is 0.215 e. The lowest BCUT2D eigenvalue weighted by atomic mass is 10.2. The van der Waals surface area contributed by atoms with E-state index in [1.54, 1.807) is 18.5 Å². The Bertz CT molecular complexity index is 1000. The van der Waals surface area contributed by atoms with Crippen LogP contribution in [-0.4, -0.2) is 41.0 Å². The van der Waals surface area contributed by atoms with Crippen molar-refractivity contribution in [3.63, 3.8) is 0 Å². The monoisotopic (exact) mass is 390 g/mol. The number of benzene rings is 1. The van der Waals surface area contributed by atoms with Gasteiger partial charge in [-0.3, -0.25) is 4.57 Å². The highest BCUT2D eigenvalue weighted by atomic mass is 32.2. The molecule has 0 fully saturated rings. The van der Waals surface area contributed by atoms with Crippen LogP contribution in [0.25, 0.3) is 5.82 Å². The molecule has 142 valence electrons. The molecule has 27 heavy (non-hydrogen) atoms. The zero-order valence-electron chi connectivity index (χ0n) is 14.6. The fourth-order valence-electron chi connectivity index (χ4n) is 2.44. The first-order chi connectivity index (χ1) is 12.9.